The Kier molecular flexibility index (Phi) is 6.54. The van der Waals surface area contributed by atoms with Crippen molar-refractivity contribution in [2.45, 2.75) is 32.4 Å². The average Bonchev–Trinajstić information content (AvgIpc) is 2.04. The summed E-state index contributed by atoms with van der Waals surface area (Å²) in [7, 11) is 0. The Bertz CT molecular complexity index is 173. The van der Waals surface area contributed by atoms with Crippen LogP contribution < -0.4 is 10.6 Å². The first-order valence-corrected chi connectivity index (χ1v) is 4.81. The fourth-order valence-corrected chi connectivity index (χ4v) is 1.18. The van der Waals surface area contributed by atoms with Crippen LogP contribution in [0.2, 0.25) is 0 Å². The Morgan fingerprint density at radius 1 is 1.54 bits per heavy atom. The highest BCUT2D eigenvalue weighted by Crippen LogP contribution is 1.89. The molecule has 0 aromatic heterocycles. The van der Waals surface area contributed by atoms with Gasteiger partial charge < -0.3 is 15.7 Å². The molecule has 3 nitrogen and oxygen atoms in total. The maximum atomic E-state index is 8.66. The van der Waals surface area contributed by atoms with E-state index in [1.807, 2.05) is 13.8 Å². The Labute approximate surface area is 85.2 Å². The molecule has 13 heavy (non-hydrogen) atoms. The summed E-state index contributed by atoms with van der Waals surface area (Å²) >= 11 is 5.04. The van der Waals surface area contributed by atoms with E-state index in [0.29, 0.717) is 11.5 Å². The molecule has 0 saturated heterocycles. The van der Waals surface area contributed by atoms with Crippen molar-refractivity contribution >= 4 is 17.3 Å². The molecule has 0 radical (unpaired) electrons. The van der Waals surface area contributed by atoms with Gasteiger partial charge in [-0.05, 0) is 32.5 Å². The van der Waals surface area contributed by atoms with Gasteiger partial charge in [0.2, 0.25) is 0 Å². The summed E-state index contributed by atoms with van der Waals surface area (Å²) in [5.41, 5.74) is 0. The summed E-state index contributed by atoms with van der Waals surface area (Å²) < 4.78 is 0. The van der Waals surface area contributed by atoms with Gasteiger partial charge >= 0.3 is 0 Å². The highest BCUT2D eigenvalue weighted by Gasteiger charge is 2.03. The zero-order valence-corrected chi connectivity index (χ0v) is 9.03. The number of aliphatic hydroxyl groups excluding tert-OH is 1. The van der Waals surface area contributed by atoms with Crippen molar-refractivity contribution in [3.05, 3.63) is 12.7 Å². The van der Waals surface area contributed by atoms with Crippen LogP contribution in [0.15, 0.2) is 12.7 Å². The van der Waals surface area contributed by atoms with E-state index in [-0.39, 0.29) is 18.7 Å². The topological polar surface area (TPSA) is 44.3 Å². The minimum Gasteiger partial charge on any atom is -0.396 e. The fourth-order valence-electron chi connectivity index (χ4n) is 0.797. The first-order chi connectivity index (χ1) is 6.10. The molecule has 0 bridgehead atoms. The van der Waals surface area contributed by atoms with E-state index in [0.717, 1.165) is 0 Å². The largest absolute Gasteiger partial charge is 0.396 e. The summed E-state index contributed by atoms with van der Waals surface area (Å²) in [5, 5.41) is 15.4. The molecule has 0 spiro atoms. The maximum Gasteiger partial charge on any atom is 0.166 e. The van der Waals surface area contributed by atoms with Crippen molar-refractivity contribution in [1.82, 2.24) is 10.6 Å². The summed E-state index contributed by atoms with van der Waals surface area (Å²) in [4.78, 5) is 0. The third-order valence-corrected chi connectivity index (χ3v) is 1.89. The first-order valence-electron chi connectivity index (χ1n) is 4.40. The van der Waals surface area contributed by atoms with Gasteiger partial charge in [0.1, 0.15) is 0 Å². The van der Waals surface area contributed by atoms with Crippen molar-refractivity contribution < 1.29 is 5.11 Å². The molecule has 0 saturated carbocycles. The second kappa shape index (κ2) is 6.86. The van der Waals surface area contributed by atoms with Crippen LogP contribution in [0.3, 0.4) is 0 Å². The fraction of sp³-hybridized carbons (Fsp3) is 0.667. The van der Waals surface area contributed by atoms with Gasteiger partial charge in [0.05, 0.1) is 0 Å². The molecule has 0 aliphatic heterocycles. The van der Waals surface area contributed by atoms with Crippen LogP contribution in [0.4, 0.5) is 0 Å². The van der Waals surface area contributed by atoms with E-state index in [9.17, 15) is 0 Å². The van der Waals surface area contributed by atoms with Gasteiger partial charge in [-0.15, -0.1) is 6.58 Å². The zero-order chi connectivity index (χ0) is 10.3. The average molecular weight is 202 g/mol. The number of hydrogen-bond donors (Lipinski definition) is 3. The molecule has 4 heteroatoms. The first kappa shape index (κ1) is 12.4. The number of rotatable bonds is 5. The normalized spacial score (nSPS) is 14.4. The molecule has 0 aromatic carbocycles. The molecule has 0 fully saturated rings. The van der Waals surface area contributed by atoms with Gasteiger partial charge in [0.15, 0.2) is 5.11 Å². The van der Waals surface area contributed by atoms with Crippen LogP contribution in [0.1, 0.15) is 20.3 Å². The van der Waals surface area contributed by atoms with Crippen LogP contribution in [0, 0.1) is 0 Å². The molecule has 0 aliphatic carbocycles. The zero-order valence-electron chi connectivity index (χ0n) is 8.21. The quantitative estimate of drug-likeness (QED) is 0.456. The van der Waals surface area contributed by atoms with E-state index in [1.54, 1.807) is 6.08 Å². The van der Waals surface area contributed by atoms with Crippen LogP contribution in [-0.4, -0.2) is 28.9 Å². The highest BCUT2D eigenvalue weighted by molar-refractivity contribution is 7.80. The van der Waals surface area contributed by atoms with Gasteiger partial charge in [-0.3, -0.25) is 0 Å². The lowest BCUT2D eigenvalue weighted by Gasteiger charge is -2.18. The lowest BCUT2D eigenvalue weighted by atomic mass is 10.2. The van der Waals surface area contributed by atoms with E-state index >= 15 is 0 Å². The van der Waals surface area contributed by atoms with E-state index in [1.165, 1.54) is 0 Å². The maximum absolute atomic E-state index is 8.66. The van der Waals surface area contributed by atoms with Crippen LogP contribution in [-0.2, 0) is 0 Å². The van der Waals surface area contributed by atoms with Crippen molar-refractivity contribution in [3.8, 4) is 0 Å². The Balaban J connectivity index is 3.67. The third kappa shape index (κ3) is 6.54. The second-order valence-corrected chi connectivity index (χ2v) is 3.46. The summed E-state index contributed by atoms with van der Waals surface area (Å²) in [5.74, 6) is 0. The van der Waals surface area contributed by atoms with Gasteiger partial charge in [-0.25, -0.2) is 0 Å². The molecule has 0 rings (SSSR count). The minimum atomic E-state index is 0.168. The monoisotopic (exact) mass is 202 g/mol. The smallest absolute Gasteiger partial charge is 0.166 e. The number of thiocarbonyl (C=S) groups is 1. The van der Waals surface area contributed by atoms with Crippen molar-refractivity contribution in [3.63, 3.8) is 0 Å². The predicted molar refractivity (Wildman–Crippen MR) is 59.7 cm³/mol. The van der Waals surface area contributed by atoms with E-state index in [2.05, 4.69) is 17.2 Å². The standard InChI is InChI=1S/C9H18N2OS/c1-4-7(2)10-9(13)11-8(3)5-6-12/h4,7-8,12H,1,5-6H2,2-3H3,(H2,10,11,13). The van der Waals surface area contributed by atoms with E-state index < -0.39 is 0 Å². The van der Waals surface area contributed by atoms with Crippen LogP contribution in [0.25, 0.3) is 0 Å². The Morgan fingerprint density at radius 2 is 2.15 bits per heavy atom. The second-order valence-electron chi connectivity index (χ2n) is 3.06. The number of aliphatic hydroxyl groups is 1. The van der Waals surface area contributed by atoms with Gasteiger partial charge in [0, 0.05) is 18.7 Å². The van der Waals surface area contributed by atoms with Crippen molar-refractivity contribution in [2.24, 2.45) is 0 Å². The molecule has 3 N–H and O–H groups in total. The summed E-state index contributed by atoms with van der Waals surface area (Å²) in [6.45, 7) is 7.76. The van der Waals surface area contributed by atoms with Gasteiger partial charge in [-0.1, -0.05) is 6.08 Å². The van der Waals surface area contributed by atoms with Crippen LogP contribution in [0.5, 0.6) is 0 Å². The molecule has 2 atom stereocenters. The van der Waals surface area contributed by atoms with Crippen LogP contribution >= 0.6 is 12.2 Å². The predicted octanol–water partition coefficient (Wildman–Crippen LogP) is 0.796. The molecule has 76 valence electrons. The molecule has 2 unspecified atom stereocenters. The van der Waals surface area contributed by atoms with Crippen molar-refractivity contribution in [1.29, 1.82) is 0 Å². The molecular weight excluding hydrogens is 184 g/mol. The molecule has 0 amide bonds. The van der Waals surface area contributed by atoms with E-state index in [4.69, 9.17) is 17.3 Å². The molecule has 0 heterocycles. The Hall–Kier alpha value is -0.610. The highest BCUT2D eigenvalue weighted by atomic mass is 32.1. The summed E-state index contributed by atoms with van der Waals surface area (Å²) in [6, 6.07) is 0.364. The molecule has 0 aromatic rings. The molecular formula is C9H18N2OS. The number of nitrogens with one attached hydrogen (secondary N) is 2. The third-order valence-electron chi connectivity index (χ3n) is 1.65. The number of hydrogen-bond acceptors (Lipinski definition) is 2. The SMILES string of the molecule is C=CC(C)NC(=S)NC(C)CCO. The molecule has 0 aliphatic rings. The lowest BCUT2D eigenvalue weighted by Crippen LogP contribution is -2.43. The lowest BCUT2D eigenvalue weighted by molar-refractivity contribution is 0.275. The summed E-state index contributed by atoms with van der Waals surface area (Å²) in [6.07, 6.45) is 2.48. The van der Waals surface area contributed by atoms with Gasteiger partial charge in [-0.2, -0.15) is 0 Å². The minimum absolute atomic E-state index is 0.168. The van der Waals surface area contributed by atoms with Crippen molar-refractivity contribution in [2.75, 3.05) is 6.61 Å². The van der Waals surface area contributed by atoms with Gasteiger partial charge in [0.25, 0.3) is 0 Å². The Morgan fingerprint density at radius 3 is 2.62 bits per heavy atom.